The maximum absolute atomic E-state index is 6.00. The van der Waals surface area contributed by atoms with Crippen LogP contribution in [0.4, 0.5) is 0 Å². The molecule has 0 aliphatic heterocycles. The first kappa shape index (κ1) is 14.5. The number of nitrogens with zero attached hydrogens (tertiary/aromatic N) is 2. The minimum Gasteiger partial charge on any atom is -0.493 e. The van der Waals surface area contributed by atoms with E-state index in [1.54, 1.807) is 0 Å². The van der Waals surface area contributed by atoms with Crippen molar-refractivity contribution < 1.29 is 9.26 Å². The second-order valence-corrected chi connectivity index (χ2v) is 5.20. The van der Waals surface area contributed by atoms with Crippen LogP contribution in [0.1, 0.15) is 38.0 Å². The Labute approximate surface area is 119 Å². The lowest BCUT2D eigenvalue weighted by Crippen LogP contribution is -2.13. The van der Waals surface area contributed by atoms with Gasteiger partial charge in [0.2, 0.25) is 5.89 Å². The van der Waals surface area contributed by atoms with Gasteiger partial charge in [0.25, 0.3) is 0 Å². The third kappa shape index (κ3) is 4.35. The number of ether oxygens (including phenoxy) is 1. The summed E-state index contributed by atoms with van der Waals surface area (Å²) >= 11 is 0. The smallest absolute Gasteiger partial charge is 0.243 e. The van der Waals surface area contributed by atoms with Crippen molar-refractivity contribution in [2.75, 3.05) is 6.61 Å². The maximum atomic E-state index is 6.00. The van der Waals surface area contributed by atoms with Gasteiger partial charge in [0, 0.05) is 6.42 Å². The molecule has 1 aromatic carbocycles. The highest BCUT2D eigenvalue weighted by Gasteiger charge is 2.15. The number of para-hydroxylation sites is 1. The first-order chi connectivity index (χ1) is 9.65. The molecule has 0 bridgehead atoms. The van der Waals surface area contributed by atoms with Gasteiger partial charge in [-0.1, -0.05) is 37.2 Å². The highest BCUT2D eigenvalue weighted by Crippen LogP contribution is 2.17. The quantitative estimate of drug-likeness (QED) is 0.841. The summed E-state index contributed by atoms with van der Waals surface area (Å²) in [5.74, 6) is 2.48. The highest BCUT2D eigenvalue weighted by molar-refractivity contribution is 5.20. The predicted molar refractivity (Wildman–Crippen MR) is 76.3 cm³/mol. The van der Waals surface area contributed by atoms with Crippen LogP contribution in [0.15, 0.2) is 34.9 Å². The molecule has 108 valence electrons. The van der Waals surface area contributed by atoms with E-state index >= 15 is 0 Å². The summed E-state index contributed by atoms with van der Waals surface area (Å²) in [6, 6.07) is 9.47. The van der Waals surface area contributed by atoms with Gasteiger partial charge in [-0.15, -0.1) is 0 Å². The average molecular weight is 275 g/mol. The number of nitrogens with two attached hydrogens (primary N) is 1. The molecule has 1 atom stereocenters. The summed E-state index contributed by atoms with van der Waals surface area (Å²) < 4.78 is 10.8. The molecule has 0 aliphatic carbocycles. The second-order valence-electron chi connectivity index (χ2n) is 5.20. The predicted octanol–water partition coefficient (Wildman–Crippen LogP) is 2.74. The van der Waals surface area contributed by atoms with Gasteiger partial charge >= 0.3 is 0 Å². The molecule has 0 amide bonds. The van der Waals surface area contributed by atoms with Crippen molar-refractivity contribution in [2.24, 2.45) is 11.7 Å². The molecule has 0 aliphatic rings. The van der Waals surface area contributed by atoms with Crippen molar-refractivity contribution in [1.82, 2.24) is 10.1 Å². The van der Waals surface area contributed by atoms with Crippen molar-refractivity contribution in [2.45, 2.75) is 32.7 Å². The molecule has 2 rings (SSSR count). The number of hydrogen-bond acceptors (Lipinski definition) is 5. The zero-order valence-electron chi connectivity index (χ0n) is 12.0. The standard InChI is InChI=1S/C15H21N3O2/c1-11(2)10-13(16)15-17-14(18-20-15)8-9-19-12-6-4-3-5-7-12/h3-7,11,13H,8-10,16H2,1-2H3/t13-/m1/s1. The summed E-state index contributed by atoms with van der Waals surface area (Å²) in [7, 11) is 0. The van der Waals surface area contributed by atoms with Crippen molar-refractivity contribution in [3.05, 3.63) is 42.0 Å². The molecule has 0 radical (unpaired) electrons. The fourth-order valence-electron chi connectivity index (χ4n) is 1.91. The number of aromatic nitrogens is 2. The van der Waals surface area contributed by atoms with Gasteiger partial charge in [-0.3, -0.25) is 0 Å². The van der Waals surface area contributed by atoms with Crippen LogP contribution in [0.2, 0.25) is 0 Å². The zero-order chi connectivity index (χ0) is 14.4. The van der Waals surface area contributed by atoms with Crippen LogP contribution in [-0.2, 0) is 6.42 Å². The Hall–Kier alpha value is -1.88. The molecule has 0 fully saturated rings. The summed E-state index contributed by atoms with van der Waals surface area (Å²) in [6.07, 6.45) is 1.44. The lowest BCUT2D eigenvalue weighted by atomic mass is 10.0. The van der Waals surface area contributed by atoms with Crippen LogP contribution < -0.4 is 10.5 Å². The lowest BCUT2D eigenvalue weighted by Gasteiger charge is -2.08. The average Bonchev–Trinajstić information content (AvgIpc) is 2.88. The molecular formula is C15H21N3O2. The van der Waals surface area contributed by atoms with E-state index in [2.05, 4.69) is 24.0 Å². The van der Waals surface area contributed by atoms with Gasteiger partial charge in [-0.2, -0.15) is 4.98 Å². The maximum Gasteiger partial charge on any atom is 0.243 e. The van der Waals surface area contributed by atoms with Crippen LogP contribution in [0.5, 0.6) is 5.75 Å². The third-order valence-corrected chi connectivity index (χ3v) is 2.86. The first-order valence-corrected chi connectivity index (χ1v) is 6.91. The van der Waals surface area contributed by atoms with Crippen molar-refractivity contribution in [3.63, 3.8) is 0 Å². The second kappa shape index (κ2) is 7.05. The minimum absolute atomic E-state index is 0.189. The van der Waals surface area contributed by atoms with Crippen molar-refractivity contribution in [3.8, 4) is 5.75 Å². The van der Waals surface area contributed by atoms with Gasteiger partial charge in [-0.25, -0.2) is 0 Å². The van der Waals surface area contributed by atoms with Crippen LogP contribution >= 0.6 is 0 Å². The molecule has 1 heterocycles. The SMILES string of the molecule is CC(C)C[C@@H](N)c1nc(CCOc2ccccc2)no1. The van der Waals surface area contributed by atoms with E-state index in [4.69, 9.17) is 15.0 Å². The highest BCUT2D eigenvalue weighted by atomic mass is 16.5. The van der Waals surface area contributed by atoms with E-state index in [0.29, 0.717) is 30.7 Å². The zero-order valence-corrected chi connectivity index (χ0v) is 12.0. The van der Waals surface area contributed by atoms with Gasteiger partial charge in [-0.05, 0) is 24.5 Å². The summed E-state index contributed by atoms with van der Waals surface area (Å²) in [5, 5.41) is 3.93. The number of benzene rings is 1. The van der Waals surface area contributed by atoms with Gasteiger partial charge in [0.15, 0.2) is 5.82 Å². The molecule has 2 aromatic rings. The summed E-state index contributed by atoms with van der Waals surface area (Å²) in [4.78, 5) is 4.31. The monoisotopic (exact) mass is 275 g/mol. The molecule has 1 aromatic heterocycles. The molecular weight excluding hydrogens is 254 g/mol. The molecule has 0 spiro atoms. The third-order valence-electron chi connectivity index (χ3n) is 2.86. The fraction of sp³-hybridized carbons (Fsp3) is 0.467. The van der Waals surface area contributed by atoms with E-state index in [1.165, 1.54) is 0 Å². The van der Waals surface area contributed by atoms with E-state index in [-0.39, 0.29) is 6.04 Å². The summed E-state index contributed by atoms with van der Waals surface area (Å²) in [6.45, 7) is 4.75. The molecule has 5 heteroatoms. The van der Waals surface area contributed by atoms with E-state index < -0.39 is 0 Å². The van der Waals surface area contributed by atoms with Gasteiger partial charge in [0.1, 0.15) is 5.75 Å². The molecule has 0 saturated heterocycles. The number of rotatable bonds is 7. The Kier molecular flexibility index (Phi) is 5.12. The Morgan fingerprint density at radius 2 is 2.00 bits per heavy atom. The van der Waals surface area contributed by atoms with E-state index in [1.807, 2.05) is 30.3 Å². The molecule has 0 saturated carbocycles. The molecule has 20 heavy (non-hydrogen) atoms. The first-order valence-electron chi connectivity index (χ1n) is 6.91. The van der Waals surface area contributed by atoms with Gasteiger partial charge < -0.3 is 15.0 Å². The van der Waals surface area contributed by atoms with Crippen molar-refractivity contribution >= 4 is 0 Å². The molecule has 2 N–H and O–H groups in total. The topological polar surface area (TPSA) is 74.2 Å². The van der Waals surface area contributed by atoms with Crippen LogP contribution in [0.3, 0.4) is 0 Å². The molecule has 5 nitrogen and oxygen atoms in total. The van der Waals surface area contributed by atoms with E-state index in [0.717, 1.165) is 12.2 Å². The van der Waals surface area contributed by atoms with E-state index in [9.17, 15) is 0 Å². The van der Waals surface area contributed by atoms with Crippen molar-refractivity contribution in [1.29, 1.82) is 0 Å². The normalized spacial score (nSPS) is 12.6. The van der Waals surface area contributed by atoms with Crippen LogP contribution in [0.25, 0.3) is 0 Å². The Morgan fingerprint density at radius 1 is 1.25 bits per heavy atom. The fourth-order valence-corrected chi connectivity index (χ4v) is 1.91. The lowest BCUT2D eigenvalue weighted by molar-refractivity contribution is 0.310. The Bertz CT molecular complexity index is 511. The largest absolute Gasteiger partial charge is 0.493 e. The van der Waals surface area contributed by atoms with Crippen LogP contribution in [-0.4, -0.2) is 16.7 Å². The van der Waals surface area contributed by atoms with Gasteiger partial charge in [0.05, 0.1) is 12.6 Å². The molecule has 0 unspecified atom stereocenters. The Balaban J connectivity index is 1.81. The minimum atomic E-state index is -0.189. The van der Waals surface area contributed by atoms with Crippen LogP contribution in [0, 0.1) is 5.92 Å². The summed E-state index contributed by atoms with van der Waals surface area (Å²) in [5.41, 5.74) is 6.00. The Morgan fingerprint density at radius 3 is 2.70 bits per heavy atom. The number of hydrogen-bond donors (Lipinski definition) is 1.